The molecule has 1 unspecified atom stereocenters. The van der Waals surface area contributed by atoms with E-state index in [-0.39, 0.29) is 6.04 Å². The largest absolute Gasteiger partial charge is 0.334 e. The van der Waals surface area contributed by atoms with Crippen molar-refractivity contribution >= 4 is 77.7 Å². The molecule has 2 aliphatic rings. The Labute approximate surface area is 337 Å². The highest BCUT2D eigenvalue weighted by atomic mass is 15.2. The molecule has 3 aromatic heterocycles. The van der Waals surface area contributed by atoms with Gasteiger partial charge in [0.1, 0.15) is 0 Å². The fourth-order valence-corrected chi connectivity index (χ4v) is 9.88. The van der Waals surface area contributed by atoms with Crippen LogP contribution in [0.25, 0.3) is 77.7 Å². The lowest BCUT2D eigenvalue weighted by Gasteiger charge is -2.33. The highest BCUT2D eigenvalue weighted by Gasteiger charge is 2.24. The summed E-state index contributed by atoms with van der Waals surface area (Å²) in [6, 6.07) is 62.3. The molecule has 10 aromatic rings. The van der Waals surface area contributed by atoms with Gasteiger partial charge in [-0.05, 0) is 104 Å². The lowest BCUT2D eigenvalue weighted by Crippen LogP contribution is -2.30. The standard InChI is InChI=1S/C54H40N4/c1-7-19-49-43(13-1)44-14-2-8-20-50(44)56(49)40-31-25-37(26-32-40)55(38-27-33-41(34-28-38)57-51-21-9-3-15-45(51)46-16-4-10-22-52(46)57)39-29-35-42(36-30-39)58-53-23-11-5-17-47(53)48-18-6-12-24-54(48)58/h1-11,13-23,25-27,29-36,38H,12,24,28H2. The maximum Gasteiger partial charge on any atom is 0.0561 e. The lowest BCUT2D eigenvalue weighted by molar-refractivity contribution is 0.783. The summed E-state index contributed by atoms with van der Waals surface area (Å²) in [5.41, 5.74) is 14.8. The molecule has 276 valence electrons. The Kier molecular flexibility index (Phi) is 7.45. The first kappa shape index (κ1) is 32.9. The Balaban J connectivity index is 0.959. The fraction of sp³-hybridized carbons (Fsp3) is 0.0741. The van der Waals surface area contributed by atoms with Crippen LogP contribution in [0.1, 0.15) is 24.1 Å². The van der Waals surface area contributed by atoms with Crippen molar-refractivity contribution in [3.8, 4) is 11.4 Å². The molecule has 0 N–H and O–H groups in total. The molecule has 2 aliphatic carbocycles. The maximum absolute atomic E-state index is 2.51. The first-order valence-corrected chi connectivity index (χ1v) is 20.4. The minimum atomic E-state index is 0.118. The molecule has 0 amide bonds. The number of anilines is 2. The molecular weight excluding hydrogens is 705 g/mol. The highest BCUT2D eigenvalue weighted by molar-refractivity contribution is 6.11. The normalized spacial score (nSPS) is 15.2. The first-order chi connectivity index (χ1) is 28.8. The molecular formula is C54H40N4. The third-order valence-corrected chi connectivity index (χ3v) is 12.4. The summed E-state index contributed by atoms with van der Waals surface area (Å²) in [6.07, 6.45) is 14.7. The average Bonchev–Trinajstić information content (AvgIpc) is 3.93. The number of rotatable bonds is 6. The van der Waals surface area contributed by atoms with E-state index >= 15 is 0 Å². The van der Waals surface area contributed by atoms with E-state index in [1.165, 1.54) is 82.8 Å². The van der Waals surface area contributed by atoms with Crippen molar-refractivity contribution in [3.05, 3.63) is 205 Å². The van der Waals surface area contributed by atoms with Gasteiger partial charge in [0, 0.05) is 66.6 Å². The van der Waals surface area contributed by atoms with E-state index in [0.29, 0.717) is 0 Å². The van der Waals surface area contributed by atoms with Gasteiger partial charge in [0.15, 0.2) is 0 Å². The minimum Gasteiger partial charge on any atom is -0.334 e. The smallest absolute Gasteiger partial charge is 0.0561 e. The molecule has 0 saturated carbocycles. The molecule has 4 heteroatoms. The molecule has 58 heavy (non-hydrogen) atoms. The van der Waals surface area contributed by atoms with Crippen LogP contribution in [0.5, 0.6) is 0 Å². The number of hydrogen-bond donors (Lipinski definition) is 0. The Morgan fingerprint density at radius 1 is 0.431 bits per heavy atom. The van der Waals surface area contributed by atoms with Crippen LogP contribution >= 0.6 is 0 Å². The lowest BCUT2D eigenvalue weighted by atomic mass is 10.0. The van der Waals surface area contributed by atoms with Crippen LogP contribution in [0.3, 0.4) is 0 Å². The van der Waals surface area contributed by atoms with Crippen molar-refractivity contribution in [3.63, 3.8) is 0 Å². The van der Waals surface area contributed by atoms with E-state index in [0.717, 1.165) is 30.6 Å². The number of fused-ring (bicyclic) bond motifs is 9. The van der Waals surface area contributed by atoms with Crippen molar-refractivity contribution in [2.24, 2.45) is 0 Å². The van der Waals surface area contributed by atoms with Gasteiger partial charge < -0.3 is 18.6 Å². The summed E-state index contributed by atoms with van der Waals surface area (Å²) in [5, 5.41) is 6.44. The van der Waals surface area contributed by atoms with Gasteiger partial charge in [0.2, 0.25) is 0 Å². The molecule has 0 fully saturated rings. The molecule has 4 nitrogen and oxygen atoms in total. The predicted octanol–water partition coefficient (Wildman–Crippen LogP) is 13.8. The molecule has 0 bridgehead atoms. The number of hydrogen-bond acceptors (Lipinski definition) is 1. The molecule has 0 aliphatic heterocycles. The van der Waals surface area contributed by atoms with E-state index in [9.17, 15) is 0 Å². The number of aromatic nitrogens is 3. The molecule has 0 saturated heterocycles. The predicted molar refractivity (Wildman–Crippen MR) is 245 cm³/mol. The quantitative estimate of drug-likeness (QED) is 0.166. The van der Waals surface area contributed by atoms with Gasteiger partial charge in [-0.1, -0.05) is 115 Å². The van der Waals surface area contributed by atoms with Crippen LogP contribution in [0, 0.1) is 0 Å². The topological polar surface area (TPSA) is 18.0 Å². The Morgan fingerprint density at radius 2 is 0.879 bits per heavy atom. The molecule has 7 aromatic carbocycles. The van der Waals surface area contributed by atoms with E-state index in [2.05, 4.69) is 219 Å². The van der Waals surface area contributed by atoms with Gasteiger partial charge in [-0.2, -0.15) is 0 Å². The number of nitrogens with zero attached hydrogens (tertiary/aromatic N) is 4. The van der Waals surface area contributed by atoms with Crippen molar-refractivity contribution in [2.45, 2.75) is 25.3 Å². The van der Waals surface area contributed by atoms with Crippen molar-refractivity contribution in [2.75, 3.05) is 4.90 Å². The van der Waals surface area contributed by atoms with Gasteiger partial charge in [0.25, 0.3) is 0 Å². The van der Waals surface area contributed by atoms with Gasteiger partial charge >= 0.3 is 0 Å². The van der Waals surface area contributed by atoms with Gasteiger partial charge in [-0.3, -0.25) is 0 Å². The van der Waals surface area contributed by atoms with Gasteiger partial charge in [-0.15, -0.1) is 0 Å². The first-order valence-electron chi connectivity index (χ1n) is 20.4. The SMILES string of the molecule is C1=Cc2c(n(-c3ccc(N(c4ccc(-n5c6ccccc6c6ccccc65)cc4)C4C=CC(n5c6ccccc6c6ccccc65)=CC4)cc3)c3ccccc23)CC1. The number of benzene rings is 7. The average molecular weight is 745 g/mol. The summed E-state index contributed by atoms with van der Waals surface area (Å²) >= 11 is 0. The summed E-state index contributed by atoms with van der Waals surface area (Å²) < 4.78 is 7.30. The number of allylic oxidation sites excluding steroid dienone is 3. The molecule has 0 spiro atoms. The molecule has 1 atom stereocenters. The minimum absolute atomic E-state index is 0.118. The monoisotopic (exact) mass is 744 g/mol. The van der Waals surface area contributed by atoms with E-state index in [1.54, 1.807) is 0 Å². The summed E-state index contributed by atoms with van der Waals surface area (Å²) in [5.74, 6) is 0. The Bertz CT molecular complexity index is 3200. The summed E-state index contributed by atoms with van der Waals surface area (Å²) in [4.78, 5) is 2.51. The van der Waals surface area contributed by atoms with E-state index < -0.39 is 0 Å². The third-order valence-electron chi connectivity index (χ3n) is 12.4. The van der Waals surface area contributed by atoms with Crippen LogP contribution in [-0.2, 0) is 6.42 Å². The Hall–Kier alpha value is -7.30. The molecule has 0 radical (unpaired) electrons. The zero-order valence-corrected chi connectivity index (χ0v) is 32.0. The van der Waals surface area contributed by atoms with Gasteiger partial charge in [0.05, 0.1) is 33.6 Å². The van der Waals surface area contributed by atoms with Crippen molar-refractivity contribution < 1.29 is 0 Å². The van der Waals surface area contributed by atoms with Crippen molar-refractivity contribution in [1.29, 1.82) is 0 Å². The highest BCUT2D eigenvalue weighted by Crippen LogP contribution is 2.39. The number of para-hydroxylation sites is 5. The van der Waals surface area contributed by atoms with Crippen molar-refractivity contribution in [1.82, 2.24) is 13.7 Å². The van der Waals surface area contributed by atoms with Gasteiger partial charge in [-0.25, -0.2) is 0 Å². The van der Waals surface area contributed by atoms with Crippen LogP contribution in [0.4, 0.5) is 11.4 Å². The molecule has 12 rings (SSSR count). The second-order valence-corrected chi connectivity index (χ2v) is 15.6. The van der Waals surface area contributed by atoms with E-state index in [4.69, 9.17) is 0 Å². The zero-order chi connectivity index (χ0) is 38.2. The summed E-state index contributed by atoms with van der Waals surface area (Å²) in [6.45, 7) is 0. The van der Waals surface area contributed by atoms with Crippen LogP contribution < -0.4 is 4.90 Å². The second kappa shape index (κ2) is 13.1. The van der Waals surface area contributed by atoms with Crippen LogP contribution in [0.15, 0.2) is 194 Å². The fourth-order valence-electron chi connectivity index (χ4n) is 9.88. The Morgan fingerprint density at radius 3 is 1.38 bits per heavy atom. The summed E-state index contributed by atoms with van der Waals surface area (Å²) in [7, 11) is 0. The molecule has 3 heterocycles. The van der Waals surface area contributed by atoms with Crippen LogP contribution in [-0.4, -0.2) is 19.7 Å². The zero-order valence-electron chi connectivity index (χ0n) is 32.0. The third kappa shape index (κ3) is 5.01. The van der Waals surface area contributed by atoms with Crippen LogP contribution in [0.2, 0.25) is 0 Å². The second-order valence-electron chi connectivity index (χ2n) is 15.6. The maximum atomic E-state index is 2.51. The van der Waals surface area contributed by atoms with E-state index in [1.807, 2.05) is 0 Å².